The minimum absolute atomic E-state index is 0.335. The number of carbonyl (C=O) groups excluding carboxylic acids is 1. The Morgan fingerprint density at radius 3 is 2.06 bits per heavy atom. The van der Waals surface area contributed by atoms with Crippen molar-refractivity contribution in [2.45, 2.75) is 71.8 Å². The Hall–Kier alpha value is -3.21. The van der Waals surface area contributed by atoms with Crippen LogP contribution in [-0.2, 0) is 16.0 Å². The van der Waals surface area contributed by atoms with Crippen LogP contribution in [0.5, 0.6) is 5.75 Å². The number of aryl methyl sites for hydroxylation is 1. The molecular formula is C29H36N2O3. The molecule has 1 aromatic heterocycles. The predicted molar refractivity (Wildman–Crippen MR) is 137 cm³/mol. The largest absolute Gasteiger partial charge is 0.479 e. The van der Waals surface area contributed by atoms with E-state index >= 15 is 0 Å². The van der Waals surface area contributed by atoms with Crippen molar-refractivity contribution < 1.29 is 14.3 Å². The van der Waals surface area contributed by atoms with Crippen LogP contribution in [-0.4, -0.2) is 28.6 Å². The molecule has 0 radical (unpaired) electrons. The van der Waals surface area contributed by atoms with Crippen LogP contribution in [0.4, 0.5) is 0 Å². The quantitative estimate of drug-likeness (QED) is 0.202. The van der Waals surface area contributed by atoms with Gasteiger partial charge in [-0.2, -0.15) is 0 Å². The Bertz CT molecular complexity index is 999. The number of aromatic nitrogens is 2. The van der Waals surface area contributed by atoms with Gasteiger partial charge in [0, 0.05) is 23.5 Å². The predicted octanol–water partition coefficient (Wildman–Crippen LogP) is 7.04. The van der Waals surface area contributed by atoms with Crippen molar-refractivity contribution in [2.75, 3.05) is 6.61 Å². The molecule has 34 heavy (non-hydrogen) atoms. The third-order valence-corrected chi connectivity index (χ3v) is 5.80. The molecule has 0 aliphatic rings. The zero-order valence-electron chi connectivity index (χ0n) is 20.6. The maximum Gasteiger partial charge on any atom is 0.347 e. The molecular weight excluding hydrogens is 424 g/mol. The summed E-state index contributed by atoms with van der Waals surface area (Å²) in [6.07, 6.45) is 12.1. The molecule has 5 nitrogen and oxygen atoms in total. The molecule has 5 heteroatoms. The minimum Gasteiger partial charge on any atom is -0.479 e. The average Bonchev–Trinajstić information content (AvgIpc) is 2.87. The number of unbranched alkanes of at least 4 members (excludes halogenated alkanes) is 5. The maximum atomic E-state index is 11.7. The fraction of sp³-hybridized carbons (Fsp3) is 0.414. The molecule has 0 amide bonds. The first-order chi connectivity index (χ1) is 16.6. The van der Waals surface area contributed by atoms with Gasteiger partial charge in [-0.3, -0.25) is 0 Å². The summed E-state index contributed by atoms with van der Waals surface area (Å²) in [7, 11) is 0. The molecule has 3 rings (SSSR count). The maximum absolute atomic E-state index is 11.7. The zero-order chi connectivity index (χ0) is 24.2. The van der Waals surface area contributed by atoms with Gasteiger partial charge in [0.15, 0.2) is 11.9 Å². The summed E-state index contributed by atoms with van der Waals surface area (Å²) in [6.45, 7) is 6.04. The van der Waals surface area contributed by atoms with Crippen molar-refractivity contribution in [1.29, 1.82) is 0 Å². The van der Waals surface area contributed by atoms with E-state index in [0.29, 0.717) is 18.2 Å². The highest BCUT2D eigenvalue weighted by atomic mass is 16.6. The van der Waals surface area contributed by atoms with Crippen LogP contribution in [0.3, 0.4) is 0 Å². The first-order valence-electron chi connectivity index (χ1n) is 12.5. The first kappa shape index (κ1) is 25.4. The van der Waals surface area contributed by atoms with E-state index < -0.39 is 6.10 Å². The van der Waals surface area contributed by atoms with Crippen molar-refractivity contribution in [3.05, 3.63) is 66.5 Å². The van der Waals surface area contributed by atoms with Crippen LogP contribution in [0.1, 0.15) is 64.9 Å². The average molecular weight is 461 g/mol. The second-order valence-electron chi connectivity index (χ2n) is 8.55. The number of hydrogen-bond acceptors (Lipinski definition) is 5. The molecule has 0 aliphatic carbocycles. The molecule has 0 spiro atoms. The van der Waals surface area contributed by atoms with Gasteiger partial charge in [-0.05, 0) is 62.1 Å². The van der Waals surface area contributed by atoms with Crippen LogP contribution in [0, 0.1) is 0 Å². The van der Waals surface area contributed by atoms with E-state index in [4.69, 9.17) is 9.47 Å². The zero-order valence-corrected chi connectivity index (χ0v) is 20.6. The molecule has 1 atom stereocenters. The smallest absolute Gasteiger partial charge is 0.347 e. The van der Waals surface area contributed by atoms with Crippen LogP contribution < -0.4 is 4.74 Å². The van der Waals surface area contributed by atoms with Crippen molar-refractivity contribution in [3.8, 4) is 28.3 Å². The lowest BCUT2D eigenvalue weighted by Crippen LogP contribution is -2.25. The summed E-state index contributed by atoms with van der Waals surface area (Å²) in [4.78, 5) is 20.8. The monoisotopic (exact) mass is 460 g/mol. The highest BCUT2D eigenvalue weighted by Crippen LogP contribution is 2.23. The van der Waals surface area contributed by atoms with Gasteiger partial charge in [0.05, 0.1) is 6.61 Å². The Balaban J connectivity index is 1.54. The number of carbonyl (C=O) groups is 1. The molecule has 180 valence electrons. The van der Waals surface area contributed by atoms with E-state index in [9.17, 15) is 4.79 Å². The molecule has 0 N–H and O–H groups in total. The Morgan fingerprint density at radius 2 is 1.41 bits per heavy atom. The van der Waals surface area contributed by atoms with E-state index in [-0.39, 0.29) is 5.97 Å². The summed E-state index contributed by atoms with van der Waals surface area (Å²) < 4.78 is 10.6. The second kappa shape index (κ2) is 13.5. The molecule has 3 aromatic rings. The van der Waals surface area contributed by atoms with Gasteiger partial charge in [-0.1, -0.05) is 63.3 Å². The molecule has 1 heterocycles. The highest BCUT2D eigenvalue weighted by molar-refractivity contribution is 5.74. The highest BCUT2D eigenvalue weighted by Gasteiger charge is 2.15. The van der Waals surface area contributed by atoms with Crippen molar-refractivity contribution >= 4 is 5.97 Å². The number of esters is 1. The molecule has 0 aliphatic heterocycles. The number of nitrogens with zero attached hydrogens (tertiary/aromatic N) is 2. The van der Waals surface area contributed by atoms with Crippen molar-refractivity contribution in [3.63, 3.8) is 0 Å². The number of benzene rings is 2. The first-order valence-corrected chi connectivity index (χ1v) is 12.5. The van der Waals surface area contributed by atoms with Gasteiger partial charge < -0.3 is 9.47 Å². The third-order valence-electron chi connectivity index (χ3n) is 5.80. The van der Waals surface area contributed by atoms with Crippen LogP contribution in [0.2, 0.25) is 0 Å². The minimum atomic E-state index is -0.654. The molecule has 0 saturated carbocycles. The van der Waals surface area contributed by atoms with Gasteiger partial charge in [0.25, 0.3) is 0 Å². The van der Waals surface area contributed by atoms with Gasteiger partial charge in [-0.15, -0.1) is 0 Å². The summed E-state index contributed by atoms with van der Waals surface area (Å²) in [5, 5.41) is 0. The van der Waals surface area contributed by atoms with Crippen LogP contribution in [0.15, 0.2) is 60.9 Å². The van der Waals surface area contributed by atoms with E-state index in [1.807, 2.05) is 36.7 Å². The standard InChI is InChI=1S/C29H36N2O3/c1-4-6-7-8-9-10-11-23-12-14-24(15-13-23)26-20-30-28(31-21-26)25-16-18-27(19-17-25)34-22(3)29(32)33-5-2/h12-22H,4-11H2,1-3H3. The lowest BCUT2D eigenvalue weighted by Gasteiger charge is -2.13. The fourth-order valence-electron chi connectivity index (χ4n) is 3.79. The third kappa shape index (κ3) is 7.68. The lowest BCUT2D eigenvalue weighted by molar-refractivity contribution is -0.150. The summed E-state index contributed by atoms with van der Waals surface area (Å²) in [5.41, 5.74) is 4.39. The van der Waals surface area contributed by atoms with E-state index in [2.05, 4.69) is 41.2 Å². The summed E-state index contributed by atoms with van der Waals surface area (Å²) in [6, 6.07) is 16.1. The normalized spacial score (nSPS) is 11.7. The molecule has 0 saturated heterocycles. The van der Waals surface area contributed by atoms with Crippen LogP contribution in [0.25, 0.3) is 22.5 Å². The van der Waals surface area contributed by atoms with Crippen LogP contribution >= 0.6 is 0 Å². The van der Waals surface area contributed by atoms with Gasteiger partial charge in [0.2, 0.25) is 0 Å². The second-order valence-corrected chi connectivity index (χ2v) is 8.55. The SMILES string of the molecule is CCCCCCCCc1ccc(-c2cnc(-c3ccc(OC(C)C(=O)OCC)cc3)nc2)cc1. The topological polar surface area (TPSA) is 61.3 Å². The molecule has 2 aromatic carbocycles. The van der Waals surface area contributed by atoms with Gasteiger partial charge in [-0.25, -0.2) is 14.8 Å². The number of rotatable bonds is 13. The van der Waals surface area contributed by atoms with Gasteiger partial charge in [0.1, 0.15) is 5.75 Å². The molecule has 0 bridgehead atoms. The van der Waals surface area contributed by atoms with Crippen molar-refractivity contribution in [1.82, 2.24) is 9.97 Å². The molecule has 0 fully saturated rings. The van der Waals surface area contributed by atoms with Gasteiger partial charge >= 0.3 is 5.97 Å². The Morgan fingerprint density at radius 1 is 0.794 bits per heavy atom. The Kier molecular flexibility index (Phi) is 10.1. The molecule has 1 unspecified atom stereocenters. The summed E-state index contributed by atoms with van der Waals surface area (Å²) in [5.74, 6) is 0.872. The lowest BCUT2D eigenvalue weighted by atomic mass is 10.0. The van der Waals surface area contributed by atoms with Crippen molar-refractivity contribution in [2.24, 2.45) is 0 Å². The van der Waals surface area contributed by atoms with E-state index in [1.165, 1.54) is 44.1 Å². The Labute approximate surface area is 203 Å². The number of hydrogen-bond donors (Lipinski definition) is 0. The van der Waals surface area contributed by atoms with E-state index in [1.54, 1.807) is 13.8 Å². The number of ether oxygens (including phenoxy) is 2. The fourth-order valence-corrected chi connectivity index (χ4v) is 3.79. The summed E-state index contributed by atoms with van der Waals surface area (Å²) >= 11 is 0. The van der Waals surface area contributed by atoms with E-state index in [0.717, 1.165) is 23.1 Å².